The van der Waals surface area contributed by atoms with Crippen molar-refractivity contribution >= 4 is 5.90 Å². The van der Waals surface area contributed by atoms with Crippen LogP contribution in [-0.4, -0.2) is 19.0 Å². The average molecular weight is 272 g/mol. The van der Waals surface area contributed by atoms with Crippen molar-refractivity contribution in [2.24, 2.45) is 10.7 Å². The van der Waals surface area contributed by atoms with E-state index in [0.717, 1.165) is 18.6 Å². The van der Waals surface area contributed by atoms with Crippen molar-refractivity contribution in [3.05, 3.63) is 35.4 Å². The number of halogens is 3. The maximum absolute atomic E-state index is 12.6. The average Bonchev–Trinajstić information content (AvgIpc) is 2.84. The van der Waals surface area contributed by atoms with Crippen LogP contribution >= 0.6 is 0 Å². The first-order chi connectivity index (χ1) is 9.00. The van der Waals surface area contributed by atoms with Gasteiger partial charge in [0.05, 0.1) is 5.56 Å². The standard InChI is InChI=1S/C13H15F3N2O/c14-13(15,16)10-4-1-3-9(7-10)11-8-19-12(18-11)5-2-6-17/h1,3-4,7,11H,2,5-6,8,17H2. The fourth-order valence-electron chi connectivity index (χ4n) is 1.91. The van der Waals surface area contributed by atoms with E-state index >= 15 is 0 Å². The Morgan fingerprint density at radius 2 is 2.16 bits per heavy atom. The fraction of sp³-hybridized carbons (Fsp3) is 0.462. The van der Waals surface area contributed by atoms with Crippen molar-refractivity contribution in [1.29, 1.82) is 0 Å². The van der Waals surface area contributed by atoms with Gasteiger partial charge in [0.1, 0.15) is 12.6 Å². The first-order valence-corrected chi connectivity index (χ1v) is 6.07. The molecule has 0 saturated heterocycles. The van der Waals surface area contributed by atoms with Gasteiger partial charge in [-0.3, -0.25) is 0 Å². The number of hydrogen-bond donors (Lipinski definition) is 1. The molecule has 104 valence electrons. The number of nitrogens with zero attached hydrogens (tertiary/aromatic N) is 1. The predicted molar refractivity (Wildman–Crippen MR) is 65.9 cm³/mol. The first kappa shape index (κ1) is 13.9. The molecule has 19 heavy (non-hydrogen) atoms. The maximum Gasteiger partial charge on any atom is 0.416 e. The second-order valence-corrected chi connectivity index (χ2v) is 4.37. The second-order valence-electron chi connectivity index (χ2n) is 4.37. The molecule has 0 amide bonds. The van der Waals surface area contributed by atoms with Gasteiger partial charge in [0.2, 0.25) is 0 Å². The van der Waals surface area contributed by atoms with Gasteiger partial charge in [0.25, 0.3) is 0 Å². The summed E-state index contributed by atoms with van der Waals surface area (Å²) in [6.45, 7) is 0.831. The van der Waals surface area contributed by atoms with Crippen molar-refractivity contribution in [2.45, 2.75) is 25.1 Å². The van der Waals surface area contributed by atoms with E-state index in [9.17, 15) is 13.2 Å². The van der Waals surface area contributed by atoms with E-state index in [1.807, 2.05) is 0 Å². The van der Waals surface area contributed by atoms with Gasteiger partial charge in [0.15, 0.2) is 5.90 Å². The smallest absolute Gasteiger partial charge is 0.416 e. The Morgan fingerprint density at radius 3 is 2.84 bits per heavy atom. The molecule has 0 spiro atoms. The molecule has 2 rings (SSSR count). The van der Waals surface area contributed by atoms with Crippen LogP contribution in [0.2, 0.25) is 0 Å². The third kappa shape index (κ3) is 3.47. The fourth-order valence-corrected chi connectivity index (χ4v) is 1.91. The molecular formula is C13H15F3N2O. The highest BCUT2D eigenvalue weighted by Gasteiger charge is 2.31. The van der Waals surface area contributed by atoms with Crippen molar-refractivity contribution < 1.29 is 17.9 Å². The summed E-state index contributed by atoms with van der Waals surface area (Å²) < 4.78 is 43.2. The lowest BCUT2D eigenvalue weighted by molar-refractivity contribution is -0.137. The molecule has 0 saturated carbocycles. The van der Waals surface area contributed by atoms with E-state index in [1.54, 1.807) is 6.07 Å². The largest absolute Gasteiger partial charge is 0.478 e. The van der Waals surface area contributed by atoms with Gasteiger partial charge < -0.3 is 10.5 Å². The molecule has 1 aromatic rings. The van der Waals surface area contributed by atoms with Crippen LogP contribution in [0.1, 0.15) is 30.0 Å². The number of nitrogens with two attached hydrogens (primary N) is 1. The van der Waals surface area contributed by atoms with Crippen LogP contribution in [0.3, 0.4) is 0 Å². The van der Waals surface area contributed by atoms with Gasteiger partial charge >= 0.3 is 6.18 Å². The van der Waals surface area contributed by atoms with E-state index in [4.69, 9.17) is 10.5 Å². The lowest BCUT2D eigenvalue weighted by Crippen LogP contribution is -2.07. The second kappa shape index (κ2) is 5.61. The summed E-state index contributed by atoms with van der Waals surface area (Å²) >= 11 is 0. The molecule has 3 nitrogen and oxygen atoms in total. The monoisotopic (exact) mass is 272 g/mol. The Kier molecular flexibility index (Phi) is 4.09. The number of hydrogen-bond acceptors (Lipinski definition) is 3. The van der Waals surface area contributed by atoms with Gasteiger partial charge in [-0.25, -0.2) is 4.99 Å². The van der Waals surface area contributed by atoms with E-state index in [0.29, 0.717) is 31.0 Å². The molecule has 0 aliphatic carbocycles. The molecule has 2 N–H and O–H groups in total. The molecule has 0 radical (unpaired) electrons. The Labute approximate surface area is 109 Å². The molecule has 0 aromatic heterocycles. The van der Waals surface area contributed by atoms with E-state index in [1.165, 1.54) is 6.07 Å². The van der Waals surface area contributed by atoms with Crippen LogP contribution in [0.15, 0.2) is 29.3 Å². The van der Waals surface area contributed by atoms with Gasteiger partial charge in [0, 0.05) is 6.42 Å². The van der Waals surface area contributed by atoms with E-state index in [-0.39, 0.29) is 6.04 Å². The van der Waals surface area contributed by atoms with Crippen LogP contribution in [0.5, 0.6) is 0 Å². The molecule has 0 bridgehead atoms. The Balaban J connectivity index is 2.13. The highest BCUT2D eigenvalue weighted by Crippen LogP contribution is 2.32. The number of benzene rings is 1. The van der Waals surface area contributed by atoms with E-state index < -0.39 is 11.7 Å². The minimum atomic E-state index is -4.33. The molecule has 1 aromatic carbocycles. The zero-order valence-corrected chi connectivity index (χ0v) is 10.3. The minimum absolute atomic E-state index is 0.293. The summed E-state index contributed by atoms with van der Waals surface area (Å²) in [4.78, 5) is 4.29. The summed E-state index contributed by atoms with van der Waals surface area (Å²) in [6, 6.07) is 4.86. The lowest BCUT2D eigenvalue weighted by atomic mass is 10.0. The number of rotatable bonds is 4. The van der Waals surface area contributed by atoms with Gasteiger partial charge in [-0.2, -0.15) is 13.2 Å². The normalized spacial score (nSPS) is 19.2. The minimum Gasteiger partial charge on any atom is -0.478 e. The van der Waals surface area contributed by atoms with Crippen LogP contribution in [0.4, 0.5) is 13.2 Å². The number of alkyl halides is 3. The van der Waals surface area contributed by atoms with Crippen LogP contribution in [0.25, 0.3) is 0 Å². The quantitative estimate of drug-likeness (QED) is 0.916. The molecule has 0 fully saturated rings. The summed E-state index contributed by atoms with van der Waals surface area (Å²) in [5.74, 6) is 0.577. The van der Waals surface area contributed by atoms with Gasteiger partial charge in [-0.05, 0) is 30.7 Å². The lowest BCUT2D eigenvalue weighted by Gasteiger charge is -2.10. The molecule has 6 heteroatoms. The third-order valence-electron chi connectivity index (χ3n) is 2.90. The summed E-state index contributed by atoms with van der Waals surface area (Å²) in [7, 11) is 0. The van der Waals surface area contributed by atoms with Crippen LogP contribution in [-0.2, 0) is 10.9 Å². The molecule has 1 aliphatic heterocycles. The Hall–Kier alpha value is -1.56. The third-order valence-corrected chi connectivity index (χ3v) is 2.90. The van der Waals surface area contributed by atoms with Crippen molar-refractivity contribution in [1.82, 2.24) is 0 Å². The van der Waals surface area contributed by atoms with Crippen molar-refractivity contribution in [3.8, 4) is 0 Å². The summed E-state index contributed by atoms with van der Waals surface area (Å²) in [5, 5.41) is 0. The van der Waals surface area contributed by atoms with Crippen LogP contribution < -0.4 is 5.73 Å². The highest BCUT2D eigenvalue weighted by atomic mass is 19.4. The number of aliphatic imine (C=N–C) groups is 1. The van der Waals surface area contributed by atoms with Gasteiger partial charge in [-0.15, -0.1) is 0 Å². The summed E-state index contributed by atoms with van der Waals surface area (Å²) in [6.07, 6.45) is -2.94. The molecule has 1 aliphatic rings. The highest BCUT2D eigenvalue weighted by molar-refractivity contribution is 5.77. The SMILES string of the molecule is NCCCC1=NC(c2cccc(C(F)(F)F)c2)CO1. The number of ether oxygens (including phenoxy) is 1. The zero-order chi connectivity index (χ0) is 13.9. The molecule has 1 unspecified atom stereocenters. The van der Waals surface area contributed by atoms with Crippen molar-refractivity contribution in [3.63, 3.8) is 0 Å². The van der Waals surface area contributed by atoms with Crippen molar-refractivity contribution in [2.75, 3.05) is 13.2 Å². The summed E-state index contributed by atoms with van der Waals surface area (Å²) in [5.41, 5.74) is 5.25. The zero-order valence-electron chi connectivity index (χ0n) is 10.3. The van der Waals surface area contributed by atoms with E-state index in [2.05, 4.69) is 4.99 Å². The van der Waals surface area contributed by atoms with Crippen LogP contribution in [0, 0.1) is 0 Å². The Morgan fingerprint density at radius 1 is 1.37 bits per heavy atom. The predicted octanol–water partition coefficient (Wildman–Crippen LogP) is 2.91. The maximum atomic E-state index is 12.6. The topological polar surface area (TPSA) is 47.6 Å². The molecule has 1 atom stereocenters. The van der Waals surface area contributed by atoms with Gasteiger partial charge in [-0.1, -0.05) is 12.1 Å². The molecular weight excluding hydrogens is 257 g/mol. The Bertz CT molecular complexity index is 471. The first-order valence-electron chi connectivity index (χ1n) is 6.07. The molecule has 1 heterocycles.